The number of hydrogen-bond acceptors (Lipinski definition) is 8. The number of hydrogen-bond donors (Lipinski definition) is 3. The van der Waals surface area contributed by atoms with Crippen molar-refractivity contribution >= 4 is 13.8 Å². The quantitative estimate of drug-likeness (QED) is 0.0141. The van der Waals surface area contributed by atoms with Crippen LogP contribution in [-0.2, 0) is 27.9 Å². The number of esters is 1. The number of allylic oxidation sites excluding steroid dienone is 11. The second kappa shape index (κ2) is 39.2. The van der Waals surface area contributed by atoms with Crippen molar-refractivity contribution in [2.75, 3.05) is 26.4 Å². The van der Waals surface area contributed by atoms with Crippen LogP contribution in [0, 0.1) is 0 Å². The highest BCUT2D eigenvalue weighted by Gasteiger charge is 2.25. The van der Waals surface area contributed by atoms with Crippen molar-refractivity contribution < 1.29 is 37.9 Å². The highest BCUT2D eigenvalue weighted by Crippen LogP contribution is 2.43. The molecular formula is C43H74NO8P. The molecule has 0 heterocycles. The van der Waals surface area contributed by atoms with Gasteiger partial charge in [-0.3, -0.25) is 13.8 Å². The molecule has 0 amide bonds. The predicted molar refractivity (Wildman–Crippen MR) is 220 cm³/mol. The Morgan fingerprint density at radius 3 is 1.96 bits per heavy atom. The fourth-order valence-electron chi connectivity index (χ4n) is 4.95. The normalized spacial score (nSPS) is 15.0. The molecule has 0 saturated carbocycles. The maximum atomic E-state index is 12.5. The van der Waals surface area contributed by atoms with Crippen molar-refractivity contribution in [1.82, 2.24) is 0 Å². The van der Waals surface area contributed by atoms with E-state index in [1.54, 1.807) is 6.26 Å². The van der Waals surface area contributed by atoms with E-state index < -0.39 is 26.0 Å². The molecule has 4 N–H and O–H groups in total. The average molecular weight is 764 g/mol. The molecule has 0 rings (SSSR count). The summed E-state index contributed by atoms with van der Waals surface area (Å²) in [5.74, 6) is -0.429. The summed E-state index contributed by atoms with van der Waals surface area (Å²) in [6.07, 6.45) is 47.5. The number of ether oxygens (including phenoxy) is 2. The Bertz CT molecular complexity index is 1100. The number of unbranched alkanes of at least 4 members (excludes halogenated alkanes) is 12. The van der Waals surface area contributed by atoms with E-state index in [4.69, 9.17) is 24.3 Å². The lowest BCUT2D eigenvalue weighted by atomic mass is 10.1. The first kappa shape index (κ1) is 50.5. The van der Waals surface area contributed by atoms with Crippen LogP contribution in [-0.4, -0.2) is 54.5 Å². The van der Waals surface area contributed by atoms with Crippen LogP contribution < -0.4 is 5.73 Å². The zero-order valence-corrected chi connectivity index (χ0v) is 34.0. The molecule has 10 heteroatoms. The van der Waals surface area contributed by atoms with Crippen LogP contribution in [0.3, 0.4) is 0 Å². The van der Waals surface area contributed by atoms with E-state index in [1.165, 1.54) is 70.6 Å². The van der Waals surface area contributed by atoms with Gasteiger partial charge in [0.15, 0.2) is 6.10 Å². The second-order valence-corrected chi connectivity index (χ2v) is 14.5. The lowest BCUT2D eigenvalue weighted by molar-refractivity contribution is -0.153. The summed E-state index contributed by atoms with van der Waals surface area (Å²) in [6.45, 7) is 3.88. The molecular weight excluding hydrogens is 689 g/mol. The Morgan fingerprint density at radius 1 is 0.698 bits per heavy atom. The topological polar surface area (TPSA) is 138 Å². The Morgan fingerprint density at radius 2 is 1.28 bits per heavy atom. The molecule has 2 unspecified atom stereocenters. The third-order valence-electron chi connectivity index (χ3n) is 7.94. The van der Waals surface area contributed by atoms with E-state index in [9.17, 15) is 19.4 Å². The van der Waals surface area contributed by atoms with Crippen LogP contribution in [0.2, 0.25) is 0 Å². The Kier molecular flexibility index (Phi) is 37.3. The van der Waals surface area contributed by atoms with E-state index in [-0.39, 0.29) is 32.8 Å². The van der Waals surface area contributed by atoms with Gasteiger partial charge in [-0.25, -0.2) is 4.57 Å². The van der Waals surface area contributed by atoms with Gasteiger partial charge in [-0.1, -0.05) is 132 Å². The van der Waals surface area contributed by atoms with E-state index in [1.807, 2.05) is 49.5 Å². The summed E-state index contributed by atoms with van der Waals surface area (Å²) >= 11 is 0. The standard InChI is InChI=1S/C43H74NO8P/c1-3-5-7-8-9-10-11-12-13-14-17-20-23-26-29-32-37-49-39-42(40-51-53(47,48)50-38-36-44)52-43(46)35-31-28-25-22-19-16-15-18-21-24-27-30-34-41(45)33-6-4-2/h6,10-11,15-16,21-22,24-25,27,30,32-33,37,41-42,45H,3-5,7-9,12-14,17-20,23,26,28-29,31,34-36,38-40,44H2,1-2H3,(H,47,48)/b11-10-,16-15-,24-21-,25-22-,30-27+,33-6-,37-32+/t41?,42-/m1/s1. The fraction of sp³-hybridized carbons (Fsp3) is 0.651. The van der Waals surface area contributed by atoms with E-state index in [2.05, 4.69) is 43.4 Å². The minimum Gasteiger partial charge on any atom is -0.498 e. The number of rotatable bonds is 37. The highest BCUT2D eigenvalue weighted by molar-refractivity contribution is 7.47. The SMILES string of the molecule is CC/C=C\C(O)C/C=C/C=C\C/C=C\C/C=C\CCCC(=O)O[C@H](CO/C=C/CCCCCCCC/C=C\CCCCCC)COP(=O)(O)OCCN. The molecule has 0 aliphatic rings. The molecule has 0 saturated heterocycles. The molecule has 0 aromatic carbocycles. The number of phosphoric ester groups is 1. The van der Waals surface area contributed by atoms with Crippen LogP contribution >= 0.6 is 7.82 Å². The van der Waals surface area contributed by atoms with Gasteiger partial charge in [-0.15, -0.1) is 0 Å². The summed E-state index contributed by atoms with van der Waals surface area (Å²) in [5.41, 5.74) is 5.35. The first-order valence-corrected chi connectivity index (χ1v) is 21.7. The van der Waals surface area contributed by atoms with Gasteiger partial charge in [0.2, 0.25) is 0 Å². The summed E-state index contributed by atoms with van der Waals surface area (Å²) in [4.78, 5) is 22.4. The maximum absolute atomic E-state index is 12.5. The number of carbonyl (C=O) groups is 1. The third kappa shape index (κ3) is 39.0. The number of carbonyl (C=O) groups excluding carboxylic acids is 1. The average Bonchev–Trinajstić information content (AvgIpc) is 3.14. The molecule has 0 radical (unpaired) electrons. The van der Waals surface area contributed by atoms with Crippen LogP contribution in [0.4, 0.5) is 0 Å². The van der Waals surface area contributed by atoms with Gasteiger partial charge in [0, 0.05) is 13.0 Å². The Labute approximate surface area is 322 Å². The highest BCUT2D eigenvalue weighted by atomic mass is 31.2. The van der Waals surface area contributed by atoms with Crippen molar-refractivity contribution in [1.29, 1.82) is 0 Å². The lowest BCUT2D eigenvalue weighted by Gasteiger charge is -2.19. The Balaban J connectivity index is 4.29. The van der Waals surface area contributed by atoms with Crippen molar-refractivity contribution in [3.63, 3.8) is 0 Å². The molecule has 3 atom stereocenters. The van der Waals surface area contributed by atoms with Crippen molar-refractivity contribution in [3.8, 4) is 0 Å². The predicted octanol–water partition coefficient (Wildman–Crippen LogP) is 11.1. The minimum atomic E-state index is -4.32. The van der Waals surface area contributed by atoms with Gasteiger partial charge >= 0.3 is 13.8 Å². The molecule has 9 nitrogen and oxygen atoms in total. The molecule has 0 aliphatic carbocycles. The molecule has 304 valence electrons. The van der Waals surface area contributed by atoms with Crippen LogP contribution in [0.25, 0.3) is 0 Å². The molecule has 0 aromatic rings. The van der Waals surface area contributed by atoms with Gasteiger partial charge < -0.3 is 25.2 Å². The molecule has 0 bridgehead atoms. The second-order valence-electron chi connectivity index (χ2n) is 13.0. The molecule has 0 aromatic heterocycles. The van der Waals surface area contributed by atoms with Gasteiger partial charge in [0.1, 0.15) is 6.61 Å². The zero-order valence-electron chi connectivity index (χ0n) is 33.1. The smallest absolute Gasteiger partial charge is 0.472 e. The summed E-state index contributed by atoms with van der Waals surface area (Å²) in [5, 5.41) is 9.75. The van der Waals surface area contributed by atoms with E-state index >= 15 is 0 Å². The third-order valence-corrected chi connectivity index (χ3v) is 8.92. The fourth-order valence-corrected chi connectivity index (χ4v) is 5.72. The summed E-state index contributed by atoms with van der Waals surface area (Å²) in [7, 11) is -4.32. The van der Waals surface area contributed by atoms with Gasteiger partial charge in [-0.2, -0.15) is 0 Å². The summed E-state index contributed by atoms with van der Waals surface area (Å²) in [6, 6.07) is 0. The maximum Gasteiger partial charge on any atom is 0.472 e. The van der Waals surface area contributed by atoms with Crippen LogP contribution in [0.15, 0.2) is 85.3 Å². The molecule has 0 aliphatic heterocycles. The van der Waals surface area contributed by atoms with Gasteiger partial charge in [0.05, 0.1) is 25.6 Å². The van der Waals surface area contributed by atoms with E-state index in [0.717, 1.165) is 38.5 Å². The van der Waals surface area contributed by atoms with Crippen molar-refractivity contribution in [2.45, 2.75) is 154 Å². The largest absolute Gasteiger partial charge is 0.498 e. The molecule has 0 fully saturated rings. The number of nitrogens with two attached hydrogens (primary N) is 1. The summed E-state index contributed by atoms with van der Waals surface area (Å²) < 4.78 is 33.0. The monoisotopic (exact) mass is 764 g/mol. The van der Waals surface area contributed by atoms with Crippen LogP contribution in [0.1, 0.15) is 142 Å². The number of aliphatic hydroxyl groups is 1. The molecule has 53 heavy (non-hydrogen) atoms. The zero-order chi connectivity index (χ0) is 38.9. The van der Waals surface area contributed by atoms with E-state index in [0.29, 0.717) is 12.8 Å². The lowest BCUT2D eigenvalue weighted by Crippen LogP contribution is -2.27. The van der Waals surface area contributed by atoms with Gasteiger partial charge in [0.25, 0.3) is 0 Å². The van der Waals surface area contributed by atoms with Crippen molar-refractivity contribution in [3.05, 3.63) is 85.3 Å². The van der Waals surface area contributed by atoms with Gasteiger partial charge in [-0.05, 0) is 83.1 Å². The first-order valence-electron chi connectivity index (χ1n) is 20.2. The number of phosphoric acid groups is 1. The Hall–Kier alpha value is -2.52. The number of aliphatic hydroxyl groups excluding tert-OH is 1. The molecule has 0 spiro atoms. The minimum absolute atomic E-state index is 0.0101. The van der Waals surface area contributed by atoms with Crippen molar-refractivity contribution in [2.24, 2.45) is 5.73 Å². The first-order chi connectivity index (χ1) is 25.8. The van der Waals surface area contributed by atoms with Crippen LogP contribution in [0.5, 0.6) is 0 Å².